The molecule has 1 aliphatic heterocycles. The molecule has 2 N–H and O–H groups in total. The first-order valence-corrected chi connectivity index (χ1v) is 7.09. The van der Waals surface area contributed by atoms with Crippen LogP contribution < -0.4 is 19.9 Å². The van der Waals surface area contributed by atoms with Crippen molar-refractivity contribution in [3.8, 4) is 17.2 Å². The number of likely N-dealkylation sites (N-methyl/N-ethyl adjacent to an activating group) is 1. The Bertz CT molecular complexity index is 451. The average molecular weight is 280 g/mol. The zero-order chi connectivity index (χ0) is 14.5. The summed E-state index contributed by atoms with van der Waals surface area (Å²) in [6.07, 6.45) is 2.33. The molecule has 0 saturated heterocycles. The van der Waals surface area contributed by atoms with Crippen LogP contribution in [-0.2, 0) is 0 Å². The fourth-order valence-corrected chi connectivity index (χ4v) is 2.48. The van der Waals surface area contributed by atoms with Gasteiger partial charge in [-0.3, -0.25) is 4.90 Å². The summed E-state index contributed by atoms with van der Waals surface area (Å²) in [6.45, 7) is 4.02. The van der Waals surface area contributed by atoms with E-state index in [1.165, 1.54) is 6.42 Å². The van der Waals surface area contributed by atoms with E-state index in [1.54, 1.807) is 7.11 Å². The second-order valence-corrected chi connectivity index (χ2v) is 5.04. The van der Waals surface area contributed by atoms with E-state index in [1.807, 2.05) is 12.1 Å². The van der Waals surface area contributed by atoms with Crippen molar-refractivity contribution in [2.24, 2.45) is 5.73 Å². The Morgan fingerprint density at radius 3 is 2.85 bits per heavy atom. The molecule has 1 heterocycles. The molecule has 0 aliphatic carbocycles. The van der Waals surface area contributed by atoms with E-state index in [9.17, 15) is 0 Å². The number of unbranched alkanes of at least 4 members (excludes halogenated alkanes) is 1. The smallest absolute Gasteiger partial charge is 0.231 e. The molecule has 0 bridgehead atoms. The van der Waals surface area contributed by atoms with Gasteiger partial charge in [0, 0.05) is 12.6 Å². The highest BCUT2D eigenvalue weighted by Gasteiger charge is 2.24. The summed E-state index contributed by atoms with van der Waals surface area (Å²) in [5.41, 5.74) is 7.06. The third kappa shape index (κ3) is 2.99. The van der Waals surface area contributed by atoms with Crippen molar-refractivity contribution in [3.05, 3.63) is 17.7 Å². The fourth-order valence-electron chi connectivity index (χ4n) is 2.48. The van der Waals surface area contributed by atoms with E-state index in [4.69, 9.17) is 19.9 Å². The molecule has 1 unspecified atom stereocenters. The summed E-state index contributed by atoms with van der Waals surface area (Å²) in [7, 11) is 3.74. The second kappa shape index (κ2) is 6.81. The first kappa shape index (κ1) is 14.9. The van der Waals surface area contributed by atoms with Crippen molar-refractivity contribution < 1.29 is 14.2 Å². The lowest BCUT2D eigenvalue weighted by Crippen LogP contribution is -2.31. The van der Waals surface area contributed by atoms with Crippen LogP contribution in [0.15, 0.2) is 12.1 Å². The van der Waals surface area contributed by atoms with E-state index < -0.39 is 0 Å². The quantitative estimate of drug-likeness (QED) is 0.829. The van der Waals surface area contributed by atoms with Crippen molar-refractivity contribution >= 4 is 0 Å². The monoisotopic (exact) mass is 280 g/mol. The molecule has 5 heteroatoms. The van der Waals surface area contributed by atoms with E-state index in [2.05, 4.69) is 18.9 Å². The molecule has 1 aliphatic rings. The molecule has 0 fully saturated rings. The van der Waals surface area contributed by atoms with Crippen LogP contribution in [0.5, 0.6) is 17.2 Å². The molecule has 5 nitrogen and oxygen atoms in total. The number of benzene rings is 1. The summed E-state index contributed by atoms with van der Waals surface area (Å²) in [6, 6.07) is 4.16. The summed E-state index contributed by atoms with van der Waals surface area (Å²) in [5, 5.41) is 0. The maximum atomic E-state index is 5.96. The Balaban J connectivity index is 2.25. The Hall–Kier alpha value is -1.46. The van der Waals surface area contributed by atoms with E-state index in [-0.39, 0.29) is 12.8 Å². The van der Waals surface area contributed by atoms with Crippen LogP contribution in [0.25, 0.3) is 0 Å². The lowest BCUT2D eigenvalue weighted by Gasteiger charge is -2.27. The Kier molecular flexibility index (Phi) is 5.09. The number of nitrogens with zero attached hydrogens (tertiary/aromatic N) is 1. The van der Waals surface area contributed by atoms with E-state index in [0.717, 1.165) is 24.3 Å². The molecule has 1 aromatic rings. The van der Waals surface area contributed by atoms with Gasteiger partial charge in [-0.2, -0.15) is 0 Å². The SMILES string of the molecule is CCCCN(C)C(CN)c1cc(OC)c2c(c1)OCO2. The Morgan fingerprint density at radius 2 is 2.20 bits per heavy atom. The first-order chi connectivity index (χ1) is 9.71. The van der Waals surface area contributed by atoms with E-state index in [0.29, 0.717) is 18.0 Å². The molecular weight excluding hydrogens is 256 g/mol. The molecule has 20 heavy (non-hydrogen) atoms. The molecule has 1 atom stereocenters. The van der Waals surface area contributed by atoms with Crippen LogP contribution in [0, 0.1) is 0 Å². The normalized spacial score (nSPS) is 14.7. The molecule has 0 spiro atoms. The van der Waals surface area contributed by atoms with Crippen molar-refractivity contribution in [2.45, 2.75) is 25.8 Å². The number of rotatable bonds is 7. The van der Waals surface area contributed by atoms with Gasteiger partial charge in [0.1, 0.15) is 0 Å². The van der Waals surface area contributed by atoms with Gasteiger partial charge in [0.15, 0.2) is 11.5 Å². The Labute approximate surface area is 120 Å². The molecule has 0 radical (unpaired) electrons. The number of fused-ring (bicyclic) bond motifs is 1. The highest BCUT2D eigenvalue weighted by atomic mass is 16.7. The molecule has 0 aromatic heterocycles. The van der Waals surface area contributed by atoms with Gasteiger partial charge in [0.05, 0.1) is 7.11 Å². The lowest BCUT2D eigenvalue weighted by atomic mass is 10.0. The maximum absolute atomic E-state index is 5.96. The van der Waals surface area contributed by atoms with Crippen LogP contribution in [-0.4, -0.2) is 38.9 Å². The van der Waals surface area contributed by atoms with Gasteiger partial charge in [0.25, 0.3) is 0 Å². The van der Waals surface area contributed by atoms with Gasteiger partial charge in [-0.25, -0.2) is 0 Å². The molecule has 1 aromatic carbocycles. The number of hydrogen-bond donors (Lipinski definition) is 1. The summed E-state index contributed by atoms with van der Waals surface area (Å²) in [5.74, 6) is 2.13. The molecular formula is C15H24N2O3. The predicted octanol–water partition coefficient (Wildman–Crippen LogP) is 2.16. The van der Waals surface area contributed by atoms with E-state index >= 15 is 0 Å². The predicted molar refractivity (Wildman–Crippen MR) is 78.5 cm³/mol. The van der Waals surface area contributed by atoms with Crippen molar-refractivity contribution in [3.63, 3.8) is 0 Å². The first-order valence-electron chi connectivity index (χ1n) is 7.09. The number of methoxy groups -OCH3 is 1. The van der Waals surface area contributed by atoms with Crippen molar-refractivity contribution in [2.75, 3.05) is 34.0 Å². The second-order valence-electron chi connectivity index (χ2n) is 5.04. The van der Waals surface area contributed by atoms with Crippen molar-refractivity contribution in [1.82, 2.24) is 4.90 Å². The number of hydrogen-bond acceptors (Lipinski definition) is 5. The topological polar surface area (TPSA) is 57.0 Å². The highest BCUT2D eigenvalue weighted by molar-refractivity contribution is 5.55. The van der Waals surface area contributed by atoms with Crippen LogP contribution in [0.2, 0.25) is 0 Å². The maximum Gasteiger partial charge on any atom is 0.231 e. The average Bonchev–Trinajstić information content (AvgIpc) is 2.93. The van der Waals surface area contributed by atoms with Crippen LogP contribution in [0.4, 0.5) is 0 Å². The van der Waals surface area contributed by atoms with Gasteiger partial charge in [-0.15, -0.1) is 0 Å². The largest absolute Gasteiger partial charge is 0.493 e. The highest BCUT2D eigenvalue weighted by Crippen LogP contribution is 2.43. The van der Waals surface area contributed by atoms with Gasteiger partial charge in [-0.05, 0) is 37.7 Å². The molecule has 2 rings (SSSR count). The van der Waals surface area contributed by atoms with Crippen LogP contribution >= 0.6 is 0 Å². The zero-order valence-corrected chi connectivity index (χ0v) is 12.5. The summed E-state index contributed by atoms with van der Waals surface area (Å²) < 4.78 is 16.3. The van der Waals surface area contributed by atoms with Crippen LogP contribution in [0.1, 0.15) is 31.4 Å². The minimum Gasteiger partial charge on any atom is -0.493 e. The fraction of sp³-hybridized carbons (Fsp3) is 0.600. The van der Waals surface area contributed by atoms with Crippen LogP contribution in [0.3, 0.4) is 0 Å². The zero-order valence-electron chi connectivity index (χ0n) is 12.5. The molecule has 112 valence electrons. The molecule has 0 saturated carbocycles. The van der Waals surface area contributed by atoms with Gasteiger partial charge in [0.2, 0.25) is 12.5 Å². The van der Waals surface area contributed by atoms with Gasteiger partial charge >= 0.3 is 0 Å². The third-order valence-electron chi connectivity index (χ3n) is 3.69. The summed E-state index contributed by atoms with van der Waals surface area (Å²) in [4.78, 5) is 2.28. The lowest BCUT2D eigenvalue weighted by molar-refractivity contribution is 0.171. The van der Waals surface area contributed by atoms with Crippen molar-refractivity contribution in [1.29, 1.82) is 0 Å². The minimum atomic E-state index is 0.157. The standard InChI is InChI=1S/C15H24N2O3/c1-4-5-6-17(2)12(9-16)11-7-13(18-3)15-14(8-11)19-10-20-15/h7-8,12H,4-6,9-10,16H2,1-3H3. The third-order valence-corrected chi connectivity index (χ3v) is 3.69. The number of ether oxygens (including phenoxy) is 3. The Morgan fingerprint density at radius 1 is 1.40 bits per heavy atom. The molecule has 0 amide bonds. The minimum absolute atomic E-state index is 0.157. The summed E-state index contributed by atoms with van der Waals surface area (Å²) >= 11 is 0. The van der Waals surface area contributed by atoms with Gasteiger partial charge in [-0.1, -0.05) is 13.3 Å². The van der Waals surface area contributed by atoms with Gasteiger partial charge < -0.3 is 19.9 Å². The number of nitrogens with two attached hydrogens (primary N) is 1.